The molecule has 7 aromatic carbocycles. The lowest BCUT2D eigenvalue weighted by Crippen LogP contribution is -1.97. The van der Waals surface area contributed by atoms with E-state index >= 15 is 0 Å². The van der Waals surface area contributed by atoms with E-state index in [1.165, 1.54) is 43.5 Å². The normalized spacial score (nSPS) is 11.6. The van der Waals surface area contributed by atoms with Crippen LogP contribution in [0.2, 0.25) is 0 Å². The zero-order chi connectivity index (χ0) is 33.0. The maximum atomic E-state index is 5.06. The minimum absolute atomic E-state index is 0.704. The van der Waals surface area contributed by atoms with Gasteiger partial charge >= 0.3 is 0 Å². The number of nitrogens with zero attached hydrogens (tertiary/aromatic N) is 4. The number of rotatable bonds is 5. The van der Waals surface area contributed by atoms with E-state index in [-0.39, 0.29) is 0 Å². The highest BCUT2D eigenvalue weighted by atomic mass is 15.0. The van der Waals surface area contributed by atoms with Crippen molar-refractivity contribution >= 4 is 43.5 Å². The van der Waals surface area contributed by atoms with Gasteiger partial charge in [-0.2, -0.15) is 0 Å². The molecule has 3 aromatic heterocycles. The SMILES string of the molecule is c1ccc(-c2cc(-c3ccccc3)nc(-c3ccc(-n4c5ccccc5c5cc6ccc7c(ccn7-c7ccccc7)c6cc54)cc3)n2)cc1. The molecule has 0 aliphatic carbocycles. The lowest BCUT2D eigenvalue weighted by molar-refractivity contribution is 1.13. The van der Waals surface area contributed by atoms with E-state index in [0.29, 0.717) is 5.82 Å². The third-order valence-electron chi connectivity index (χ3n) is 9.76. The number of para-hydroxylation sites is 2. The molecule has 0 aliphatic rings. The highest BCUT2D eigenvalue weighted by Gasteiger charge is 2.16. The van der Waals surface area contributed by atoms with E-state index in [1.54, 1.807) is 0 Å². The Bertz CT molecular complexity index is 2770. The number of fused-ring (bicyclic) bond motifs is 6. The predicted molar refractivity (Wildman–Crippen MR) is 207 cm³/mol. The number of hydrogen-bond donors (Lipinski definition) is 0. The first-order valence-corrected chi connectivity index (χ1v) is 16.9. The second-order valence-corrected chi connectivity index (χ2v) is 12.7. The first-order valence-electron chi connectivity index (χ1n) is 16.9. The van der Waals surface area contributed by atoms with Gasteiger partial charge in [-0.3, -0.25) is 0 Å². The molecule has 10 aromatic rings. The van der Waals surface area contributed by atoms with Gasteiger partial charge in [0, 0.05) is 50.4 Å². The summed E-state index contributed by atoms with van der Waals surface area (Å²) < 4.78 is 4.66. The van der Waals surface area contributed by atoms with Gasteiger partial charge in [-0.15, -0.1) is 0 Å². The smallest absolute Gasteiger partial charge is 0.160 e. The Hall–Kier alpha value is -6.78. The van der Waals surface area contributed by atoms with Crippen LogP contribution in [0.15, 0.2) is 182 Å². The van der Waals surface area contributed by atoms with Gasteiger partial charge in [-0.25, -0.2) is 9.97 Å². The van der Waals surface area contributed by atoms with Gasteiger partial charge in [0.15, 0.2) is 5.82 Å². The van der Waals surface area contributed by atoms with Gasteiger partial charge in [0.1, 0.15) is 0 Å². The number of aromatic nitrogens is 4. The van der Waals surface area contributed by atoms with Crippen molar-refractivity contribution in [3.63, 3.8) is 0 Å². The van der Waals surface area contributed by atoms with Gasteiger partial charge in [0.25, 0.3) is 0 Å². The zero-order valence-corrected chi connectivity index (χ0v) is 27.1. The Balaban J connectivity index is 1.13. The molecule has 0 radical (unpaired) electrons. The highest BCUT2D eigenvalue weighted by molar-refractivity contribution is 6.18. The highest BCUT2D eigenvalue weighted by Crippen LogP contribution is 2.38. The summed E-state index contributed by atoms with van der Waals surface area (Å²) in [6.07, 6.45) is 2.18. The van der Waals surface area contributed by atoms with Crippen molar-refractivity contribution in [2.75, 3.05) is 0 Å². The summed E-state index contributed by atoms with van der Waals surface area (Å²) in [5.41, 5.74) is 10.7. The Kier molecular flexibility index (Phi) is 6.46. The van der Waals surface area contributed by atoms with Crippen LogP contribution >= 0.6 is 0 Å². The minimum Gasteiger partial charge on any atom is -0.317 e. The third-order valence-corrected chi connectivity index (χ3v) is 9.76. The van der Waals surface area contributed by atoms with Crippen molar-refractivity contribution in [2.45, 2.75) is 0 Å². The first-order chi connectivity index (χ1) is 24.8. The van der Waals surface area contributed by atoms with Crippen LogP contribution in [0.3, 0.4) is 0 Å². The van der Waals surface area contributed by atoms with Crippen molar-refractivity contribution in [3.8, 4) is 45.3 Å². The average molecular weight is 639 g/mol. The molecule has 10 rings (SSSR count). The van der Waals surface area contributed by atoms with E-state index in [0.717, 1.165) is 39.5 Å². The van der Waals surface area contributed by atoms with Crippen LogP contribution in [0.5, 0.6) is 0 Å². The molecule has 0 bridgehead atoms. The van der Waals surface area contributed by atoms with E-state index in [1.807, 2.05) is 36.4 Å². The third kappa shape index (κ3) is 4.61. The maximum absolute atomic E-state index is 5.06. The average Bonchev–Trinajstić information content (AvgIpc) is 3.77. The van der Waals surface area contributed by atoms with Crippen LogP contribution < -0.4 is 0 Å². The maximum Gasteiger partial charge on any atom is 0.160 e. The molecule has 0 N–H and O–H groups in total. The molecule has 0 spiro atoms. The van der Waals surface area contributed by atoms with Gasteiger partial charge in [0.05, 0.1) is 27.9 Å². The van der Waals surface area contributed by atoms with Crippen molar-refractivity contribution in [2.24, 2.45) is 0 Å². The van der Waals surface area contributed by atoms with Crippen LogP contribution in [-0.2, 0) is 0 Å². The van der Waals surface area contributed by atoms with Crippen LogP contribution in [-0.4, -0.2) is 19.1 Å². The predicted octanol–water partition coefficient (Wildman–Crippen LogP) is 11.7. The topological polar surface area (TPSA) is 35.6 Å². The van der Waals surface area contributed by atoms with Crippen molar-refractivity contribution in [1.29, 1.82) is 0 Å². The first kappa shape index (κ1) is 28.3. The summed E-state index contributed by atoms with van der Waals surface area (Å²) in [4.78, 5) is 10.1. The van der Waals surface area contributed by atoms with E-state index in [4.69, 9.17) is 9.97 Å². The fourth-order valence-electron chi connectivity index (χ4n) is 7.36. The Morgan fingerprint density at radius 2 is 0.980 bits per heavy atom. The lowest BCUT2D eigenvalue weighted by Gasteiger charge is -2.12. The molecular weight excluding hydrogens is 609 g/mol. The Morgan fingerprint density at radius 1 is 0.360 bits per heavy atom. The molecule has 0 aliphatic heterocycles. The van der Waals surface area contributed by atoms with Crippen LogP contribution in [0, 0.1) is 0 Å². The molecule has 0 unspecified atom stereocenters. The number of benzene rings is 7. The lowest BCUT2D eigenvalue weighted by atomic mass is 10.0. The summed E-state index contributed by atoms with van der Waals surface area (Å²) in [6, 6.07) is 62.1. The van der Waals surface area contributed by atoms with Gasteiger partial charge < -0.3 is 9.13 Å². The van der Waals surface area contributed by atoms with Gasteiger partial charge in [0.2, 0.25) is 0 Å². The second-order valence-electron chi connectivity index (χ2n) is 12.7. The molecule has 3 heterocycles. The second kappa shape index (κ2) is 11.4. The molecule has 0 fully saturated rings. The van der Waals surface area contributed by atoms with Crippen LogP contribution in [0.25, 0.3) is 88.8 Å². The summed E-state index contributed by atoms with van der Waals surface area (Å²) in [5.74, 6) is 0.704. The Labute approximate surface area is 289 Å². The zero-order valence-electron chi connectivity index (χ0n) is 27.1. The van der Waals surface area contributed by atoms with Crippen molar-refractivity contribution in [1.82, 2.24) is 19.1 Å². The fraction of sp³-hybridized carbons (Fsp3) is 0. The summed E-state index contributed by atoms with van der Waals surface area (Å²) in [5, 5.41) is 6.20. The molecule has 234 valence electrons. The molecule has 50 heavy (non-hydrogen) atoms. The summed E-state index contributed by atoms with van der Waals surface area (Å²) in [7, 11) is 0. The molecule has 0 atom stereocenters. The van der Waals surface area contributed by atoms with Crippen LogP contribution in [0.1, 0.15) is 0 Å². The summed E-state index contributed by atoms with van der Waals surface area (Å²) >= 11 is 0. The van der Waals surface area contributed by atoms with E-state index in [9.17, 15) is 0 Å². The van der Waals surface area contributed by atoms with Gasteiger partial charge in [-0.05, 0) is 83.6 Å². The molecule has 0 amide bonds. The molecule has 4 heteroatoms. The number of hydrogen-bond acceptors (Lipinski definition) is 2. The monoisotopic (exact) mass is 638 g/mol. The fourth-order valence-corrected chi connectivity index (χ4v) is 7.36. The molecule has 4 nitrogen and oxygen atoms in total. The van der Waals surface area contributed by atoms with Crippen LogP contribution in [0.4, 0.5) is 0 Å². The summed E-state index contributed by atoms with van der Waals surface area (Å²) in [6.45, 7) is 0. The molecule has 0 saturated heterocycles. The van der Waals surface area contributed by atoms with Crippen molar-refractivity contribution < 1.29 is 0 Å². The minimum atomic E-state index is 0.704. The standard InChI is InChI=1S/C46H30N4/c1-4-12-31(13-5-1)41-30-42(32-14-6-2-7-15-32)48-46(47-41)33-20-23-36(24-21-33)50-44-19-11-10-18-37(44)40-28-34-22-25-43-38(39(34)29-45(40)50)26-27-49(43)35-16-8-3-9-17-35/h1-30H. The molecule has 0 saturated carbocycles. The van der Waals surface area contributed by atoms with E-state index in [2.05, 4.69) is 155 Å². The Morgan fingerprint density at radius 3 is 1.68 bits per heavy atom. The van der Waals surface area contributed by atoms with E-state index < -0.39 is 0 Å². The largest absolute Gasteiger partial charge is 0.317 e. The quantitative estimate of drug-likeness (QED) is 0.188. The van der Waals surface area contributed by atoms with Crippen molar-refractivity contribution in [3.05, 3.63) is 182 Å². The van der Waals surface area contributed by atoms with Gasteiger partial charge in [-0.1, -0.05) is 103 Å². The molecular formula is C46H30N4.